The van der Waals surface area contributed by atoms with E-state index in [1.165, 1.54) is 6.07 Å². The molecule has 1 saturated carbocycles. The van der Waals surface area contributed by atoms with Crippen LogP contribution in [0.25, 0.3) is 0 Å². The molecule has 1 spiro atoms. The molecule has 208 valence electrons. The normalized spacial score (nSPS) is 32.7. The molecule has 1 aromatic carbocycles. The summed E-state index contributed by atoms with van der Waals surface area (Å²) in [6, 6.07) is 1.21. The van der Waals surface area contributed by atoms with Crippen molar-refractivity contribution < 1.29 is 34.0 Å². The lowest BCUT2D eigenvalue weighted by Gasteiger charge is -2.59. The Balaban J connectivity index is 1.55. The van der Waals surface area contributed by atoms with E-state index in [0.29, 0.717) is 50.3 Å². The molecule has 7 rings (SSSR count). The van der Waals surface area contributed by atoms with E-state index in [1.807, 2.05) is 39.8 Å². The maximum absolute atomic E-state index is 14.4. The number of rotatable bonds is 6. The number of morpholine rings is 1. The highest BCUT2D eigenvalue weighted by molar-refractivity contribution is 6.18. The summed E-state index contributed by atoms with van der Waals surface area (Å²) in [7, 11) is 0. The molecular weight excluding hydrogens is 498 g/mol. The molecule has 3 heterocycles. The van der Waals surface area contributed by atoms with Gasteiger partial charge in [0.25, 0.3) is 0 Å². The van der Waals surface area contributed by atoms with Crippen LogP contribution in [-0.4, -0.2) is 77.3 Å². The van der Waals surface area contributed by atoms with Gasteiger partial charge in [0.1, 0.15) is 22.8 Å². The quantitative estimate of drug-likeness (QED) is 0.531. The number of hydrogen-bond donors (Lipinski definition) is 2. The minimum absolute atomic E-state index is 0.0447. The Morgan fingerprint density at radius 3 is 2.49 bits per heavy atom. The first-order valence-corrected chi connectivity index (χ1v) is 13.9. The summed E-state index contributed by atoms with van der Waals surface area (Å²) in [6.45, 7) is 11.7. The third-order valence-corrected chi connectivity index (χ3v) is 9.22. The lowest BCUT2D eigenvalue weighted by molar-refractivity contribution is -0.171. The molecule has 1 aromatic rings. The number of Topliss-reactive ketones (excluding diaryl/α,β-unsaturated/α-hetero) is 2. The summed E-state index contributed by atoms with van der Waals surface area (Å²) in [6.07, 6.45) is 6.33. The highest BCUT2D eigenvalue weighted by atomic mass is 16.6. The van der Waals surface area contributed by atoms with E-state index in [2.05, 4.69) is 4.90 Å². The van der Waals surface area contributed by atoms with Crippen LogP contribution in [0.2, 0.25) is 0 Å². The van der Waals surface area contributed by atoms with Gasteiger partial charge in [-0.3, -0.25) is 14.5 Å². The van der Waals surface area contributed by atoms with Gasteiger partial charge in [0, 0.05) is 55.1 Å². The first-order valence-electron chi connectivity index (χ1n) is 13.9. The molecule has 2 saturated heterocycles. The van der Waals surface area contributed by atoms with Gasteiger partial charge in [-0.25, -0.2) is 0 Å². The zero-order chi connectivity index (χ0) is 27.7. The number of phenolic OH excluding ortho intramolecular Hbond substituents is 2. The summed E-state index contributed by atoms with van der Waals surface area (Å²) in [5, 5.41) is 21.7. The largest absolute Gasteiger partial charge is 0.507 e. The van der Waals surface area contributed by atoms with Crippen LogP contribution in [0, 0.1) is 17.8 Å². The fourth-order valence-electron chi connectivity index (χ4n) is 7.31. The summed E-state index contributed by atoms with van der Waals surface area (Å²) in [5.74, 6) is -1.55. The van der Waals surface area contributed by atoms with Crippen LogP contribution in [-0.2, 0) is 20.7 Å². The van der Waals surface area contributed by atoms with Crippen LogP contribution in [0.4, 0.5) is 0 Å². The smallest absolute Gasteiger partial charge is 0.200 e. The highest BCUT2D eigenvalue weighted by Gasteiger charge is 2.79. The van der Waals surface area contributed by atoms with Crippen molar-refractivity contribution in [2.45, 2.75) is 51.7 Å². The Bertz CT molecular complexity index is 1330. The summed E-state index contributed by atoms with van der Waals surface area (Å²) in [5.41, 5.74) is 0.255. The molecule has 6 aliphatic rings. The minimum atomic E-state index is -1.35. The highest BCUT2D eigenvalue weighted by Crippen LogP contribution is 2.65. The molecule has 8 heteroatoms. The molecule has 3 fully saturated rings. The van der Waals surface area contributed by atoms with E-state index in [9.17, 15) is 19.8 Å². The van der Waals surface area contributed by atoms with Gasteiger partial charge < -0.3 is 24.4 Å². The molecule has 5 atom stereocenters. The maximum atomic E-state index is 14.4. The summed E-state index contributed by atoms with van der Waals surface area (Å²) >= 11 is 0. The van der Waals surface area contributed by atoms with Crippen LogP contribution in [0.3, 0.4) is 0 Å². The van der Waals surface area contributed by atoms with Gasteiger partial charge in [-0.15, -0.1) is 0 Å². The monoisotopic (exact) mass is 535 g/mol. The zero-order valence-electron chi connectivity index (χ0n) is 23.1. The lowest BCUT2D eigenvalue weighted by Crippen LogP contribution is -2.74. The Morgan fingerprint density at radius 1 is 1.08 bits per heavy atom. The van der Waals surface area contributed by atoms with E-state index in [0.717, 1.165) is 24.2 Å². The van der Waals surface area contributed by atoms with Gasteiger partial charge >= 0.3 is 0 Å². The van der Waals surface area contributed by atoms with E-state index in [4.69, 9.17) is 14.2 Å². The fraction of sp³-hybridized carbons (Fsp3) is 0.548. The van der Waals surface area contributed by atoms with Gasteiger partial charge in [0.15, 0.2) is 22.8 Å². The number of aromatic hydroxyl groups is 2. The number of allylic oxidation sites excluding steroid dienone is 4. The average Bonchev–Trinajstić information content (AvgIpc) is 3.17. The molecule has 0 radical (unpaired) electrons. The Hall–Kier alpha value is -2.94. The average molecular weight is 536 g/mol. The maximum Gasteiger partial charge on any atom is 0.200 e. The number of ether oxygens (including phenoxy) is 3. The molecule has 0 amide bonds. The van der Waals surface area contributed by atoms with Crippen molar-refractivity contribution >= 4 is 11.6 Å². The van der Waals surface area contributed by atoms with Gasteiger partial charge in [-0.05, 0) is 40.0 Å². The van der Waals surface area contributed by atoms with Crippen LogP contribution in [0.15, 0.2) is 41.0 Å². The summed E-state index contributed by atoms with van der Waals surface area (Å²) < 4.78 is 19.0. The van der Waals surface area contributed by atoms with E-state index >= 15 is 0 Å². The van der Waals surface area contributed by atoms with Crippen molar-refractivity contribution in [1.82, 2.24) is 4.90 Å². The van der Waals surface area contributed by atoms with Gasteiger partial charge in [-0.1, -0.05) is 29.4 Å². The standard InChI is InChI=1S/C31H37NO7/c1-17(2)5-6-19-24(33)14-25(34)26-27(35)22-13-20-21(15-32-9-11-37-12-10-32)23-16-38-30(29(20)36,8-7-18(3)4)31(22,23)39-28(19)26/h5,7,13-14,20-21,23,33-34H,6,8-12,15-16H2,1-4H3/t20-,21+,23-,30?,31-/m1/s1. The van der Waals surface area contributed by atoms with Crippen molar-refractivity contribution in [3.8, 4) is 17.2 Å². The number of hydrogen-bond acceptors (Lipinski definition) is 8. The second kappa shape index (κ2) is 9.32. The van der Waals surface area contributed by atoms with Crippen molar-refractivity contribution in [2.24, 2.45) is 17.8 Å². The van der Waals surface area contributed by atoms with E-state index in [-0.39, 0.29) is 46.2 Å². The zero-order valence-corrected chi connectivity index (χ0v) is 23.1. The molecule has 2 N–H and O–H groups in total. The van der Waals surface area contributed by atoms with Crippen LogP contribution in [0.1, 0.15) is 50.0 Å². The fourth-order valence-corrected chi connectivity index (χ4v) is 7.31. The van der Waals surface area contributed by atoms with Crippen molar-refractivity contribution in [2.75, 3.05) is 39.5 Å². The van der Waals surface area contributed by atoms with Gasteiger partial charge in [0.05, 0.1) is 19.8 Å². The number of benzene rings is 1. The molecular formula is C31H37NO7. The predicted octanol–water partition coefficient (Wildman–Crippen LogP) is 3.75. The number of phenols is 2. The van der Waals surface area contributed by atoms with Gasteiger partial charge in [-0.2, -0.15) is 0 Å². The van der Waals surface area contributed by atoms with Crippen LogP contribution < -0.4 is 4.74 Å². The molecule has 0 aromatic heterocycles. The van der Waals surface area contributed by atoms with Crippen LogP contribution >= 0.6 is 0 Å². The molecule has 4 bridgehead atoms. The van der Waals surface area contributed by atoms with Crippen molar-refractivity contribution in [1.29, 1.82) is 0 Å². The second-order valence-electron chi connectivity index (χ2n) is 12.0. The summed E-state index contributed by atoms with van der Waals surface area (Å²) in [4.78, 5) is 31.0. The van der Waals surface area contributed by atoms with E-state index < -0.39 is 17.1 Å². The molecule has 39 heavy (non-hydrogen) atoms. The van der Waals surface area contributed by atoms with Gasteiger partial charge in [0.2, 0.25) is 0 Å². The second-order valence-corrected chi connectivity index (χ2v) is 12.0. The first-order chi connectivity index (χ1) is 18.6. The Labute approximate surface area is 228 Å². The molecule has 3 aliphatic heterocycles. The Morgan fingerprint density at radius 2 is 1.79 bits per heavy atom. The number of carbonyl (C=O) groups is 2. The van der Waals surface area contributed by atoms with Crippen molar-refractivity contribution in [3.63, 3.8) is 0 Å². The molecule has 8 nitrogen and oxygen atoms in total. The number of nitrogens with zero attached hydrogens (tertiary/aromatic N) is 1. The number of carbonyl (C=O) groups excluding carboxylic acids is 2. The topological polar surface area (TPSA) is 106 Å². The lowest BCUT2D eigenvalue weighted by atomic mass is 9.49. The number of fused-ring (bicyclic) bond motifs is 1. The number of ketones is 2. The minimum Gasteiger partial charge on any atom is -0.507 e. The third-order valence-electron chi connectivity index (χ3n) is 9.22. The van der Waals surface area contributed by atoms with E-state index in [1.54, 1.807) is 6.08 Å². The first kappa shape index (κ1) is 26.3. The SMILES string of the molecule is CC(C)=CCc1c(O)cc(O)c2c1O[C@@]13C(=C[C@H]4C(=O)C1(CC=C(C)C)OC[C@@H]3[C@H]4CN1CCOCC1)C2=O. The predicted molar refractivity (Wildman–Crippen MR) is 144 cm³/mol. The van der Waals surface area contributed by atoms with Crippen LogP contribution in [0.5, 0.6) is 17.2 Å². The molecule has 1 unspecified atom stereocenters. The third kappa shape index (κ3) is 3.68. The Kier molecular flexibility index (Phi) is 6.28. The molecule has 3 aliphatic carbocycles. The van der Waals surface area contributed by atoms with Crippen molar-refractivity contribution in [3.05, 3.63) is 52.1 Å².